The lowest BCUT2D eigenvalue weighted by Crippen LogP contribution is -2.12. The molecular formula is C18H11NO3. The van der Waals surface area contributed by atoms with Crippen molar-refractivity contribution in [1.82, 2.24) is 0 Å². The van der Waals surface area contributed by atoms with Gasteiger partial charge >= 0.3 is 5.97 Å². The zero-order valence-electron chi connectivity index (χ0n) is 11.5. The minimum atomic E-state index is -1.07. The zero-order valence-corrected chi connectivity index (χ0v) is 11.5. The number of carbonyl (C=O) groups is 2. The molecular weight excluding hydrogens is 278 g/mol. The van der Waals surface area contributed by atoms with Gasteiger partial charge in [-0.3, -0.25) is 4.79 Å². The van der Waals surface area contributed by atoms with Crippen LogP contribution in [-0.2, 0) is 0 Å². The lowest BCUT2D eigenvalue weighted by atomic mass is 9.81. The summed E-state index contributed by atoms with van der Waals surface area (Å²) in [7, 11) is 0. The van der Waals surface area contributed by atoms with Gasteiger partial charge in [0, 0.05) is 21.9 Å². The second kappa shape index (κ2) is 4.18. The van der Waals surface area contributed by atoms with E-state index < -0.39 is 5.97 Å². The first-order valence-electron chi connectivity index (χ1n) is 6.82. The fraction of sp³-hybridized carbons (Fsp3) is 0. The molecule has 0 heterocycles. The van der Waals surface area contributed by atoms with Crippen molar-refractivity contribution >= 4 is 28.2 Å². The standard InChI is InChI=1S/C18H11NO3/c19-16-11-6-3-7-12-15(11)13(8-14(16)18(21)22)9-4-1-2-5-10(9)17(12)20/h1-8H,19H2,(H,21,22). The molecule has 0 aliphatic heterocycles. The quantitative estimate of drug-likeness (QED) is 0.527. The van der Waals surface area contributed by atoms with Crippen LogP contribution < -0.4 is 5.73 Å². The van der Waals surface area contributed by atoms with E-state index in [-0.39, 0.29) is 17.0 Å². The van der Waals surface area contributed by atoms with Crippen LogP contribution in [0, 0.1) is 0 Å². The predicted molar refractivity (Wildman–Crippen MR) is 84.2 cm³/mol. The number of ketones is 1. The summed E-state index contributed by atoms with van der Waals surface area (Å²) in [4.78, 5) is 24.1. The van der Waals surface area contributed by atoms with E-state index in [1.54, 1.807) is 36.4 Å². The fourth-order valence-corrected chi connectivity index (χ4v) is 3.15. The number of carbonyl (C=O) groups excluding carboxylic acids is 1. The summed E-state index contributed by atoms with van der Waals surface area (Å²) in [6, 6.07) is 14.0. The first kappa shape index (κ1) is 12.6. The van der Waals surface area contributed by atoms with Crippen LogP contribution in [0.5, 0.6) is 0 Å². The molecule has 22 heavy (non-hydrogen) atoms. The minimum Gasteiger partial charge on any atom is -0.478 e. The third-order valence-corrected chi connectivity index (χ3v) is 4.14. The molecule has 0 amide bonds. The van der Waals surface area contributed by atoms with Crippen LogP contribution in [0.3, 0.4) is 0 Å². The molecule has 0 unspecified atom stereocenters. The van der Waals surface area contributed by atoms with Gasteiger partial charge in [0.1, 0.15) is 0 Å². The van der Waals surface area contributed by atoms with Crippen LogP contribution in [0.15, 0.2) is 48.5 Å². The molecule has 3 aromatic carbocycles. The highest BCUT2D eigenvalue weighted by molar-refractivity contribution is 6.28. The van der Waals surface area contributed by atoms with Crippen LogP contribution in [0.25, 0.3) is 21.9 Å². The van der Waals surface area contributed by atoms with Gasteiger partial charge in [-0.05, 0) is 17.2 Å². The van der Waals surface area contributed by atoms with Gasteiger partial charge in [-0.25, -0.2) is 4.79 Å². The molecule has 3 aromatic rings. The van der Waals surface area contributed by atoms with Crippen molar-refractivity contribution < 1.29 is 14.7 Å². The molecule has 0 atom stereocenters. The van der Waals surface area contributed by atoms with Crippen molar-refractivity contribution in [3.63, 3.8) is 0 Å². The van der Waals surface area contributed by atoms with Crippen molar-refractivity contribution in [2.75, 3.05) is 5.73 Å². The van der Waals surface area contributed by atoms with Gasteiger partial charge < -0.3 is 10.8 Å². The fourth-order valence-electron chi connectivity index (χ4n) is 3.15. The number of carboxylic acid groups (broad SMARTS) is 1. The summed E-state index contributed by atoms with van der Waals surface area (Å²) in [5.41, 5.74) is 8.91. The van der Waals surface area contributed by atoms with E-state index in [1.807, 2.05) is 12.1 Å². The Labute approximate surface area is 125 Å². The number of hydrogen-bond donors (Lipinski definition) is 2. The number of hydrogen-bond acceptors (Lipinski definition) is 3. The van der Waals surface area contributed by atoms with E-state index in [9.17, 15) is 14.7 Å². The van der Waals surface area contributed by atoms with Gasteiger partial charge in [-0.2, -0.15) is 0 Å². The Balaban J connectivity index is 2.27. The highest BCUT2D eigenvalue weighted by Crippen LogP contribution is 2.42. The molecule has 0 fully saturated rings. The first-order chi connectivity index (χ1) is 10.6. The lowest BCUT2D eigenvalue weighted by Gasteiger charge is -2.21. The summed E-state index contributed by atoms with van der Waals surface area (Å²) >= 11 is 0. The van der Waals surface area contributed by atoms with Crippen molar-refractivity contribution in [2.24, 2.45) is 0 Å². The molecule has 4 heteroatoms. The van der Waals surface area contributed by atoms with Crippen molar-refractivity contribution in [3.8, 4) is 11.1 Å². The average Bonchev–Trinajstić information content (AvgIpc) is 2.53. The van der Waals surface area contributed by atoms with Gasteiger partial charge in [0.25, 0.3) is 0 Å². The van der Waals surface area contributed by atoms with E-state index in [2.05, 4.69) is 0 Å². The maximum atomic E-state index is 12.7. The molecule has 106 valence electrons. The third-order valence-electron chi connectivity index (χ3n) is 4.14. The van der Waals surface area contributed by atoms with Gasteiger partial charge in [-0.1, -0.05) is 42.5 Å². The topological polar surface area (TPSA) is 80.4 Å². The average molecular weight is 289 g/mol. The molecule has 1 aliphatic carbocycles. The summed E-state index contributed by atoms with van der Waals surface area (Å²) in [6.45, 7) is 0. The summed E-state index contributed by atoms with van der Waals surface area (Å²) < 4.78 is 0. The maximum Gasteiger partial charge on any atom is 0.337 e. The number of nitrogens with two attached hydrogens (primary N) is 1. The number of carboxylic acids is 1. The zero-order chi connectivity index (χ0) is 15.4. The first-order valence-corrected chi connectivity index (χ1v) is 6.82. The Bertz CT molecular complexity index is 989. The Hall–Kier alpha value is -3.14. The Kier molecular flexibility index (Phi) is 2.39. The predicted octanol–water partition coefficient (Wildman–Crippen LogP) is 3.33. The summed E-state index contributed by atoms with van der Waals surface area (Å²) in [5.74, 6) is -1.13. The molecule has 3 N–H and O–H groups in total. The SMILES string of the molecule is Nc1c(C(=O)O)cc2c3c(cccc13)C(=O)c1ccccc1-2. The van der Waals surface area contributed by atoms with E-state index >= 15 is 0 Å². The number of nitrogen functional groups attached to an aromatic ring is 1. The molecule has 0 saturated carbocycles. The van der Waals surface area contributed by atoms with E-state index in [0.29, 0.717) is 16.5 Å². The highest BCUT2D eigenvalue weighted by Gasteiger charge is 2.27. The van der Waals surface area contributed by atoms with Crippen molar-refractivity contribution in [3.05, 3.63) is 65.2 Å². The monoisotopic (exact) mass is 289 g/mol. The smallest absolute Gasteiger partial charge is 0.337 e. The molecule has 0 spiro atoms. The maximum absolute atomic E-state index is 12.7. The molecule has 0 bridgehead atoms. The largest absolute Gasteiger partial charge is 0.478 e. The van der Waals surface area contributed by atoms with Gasteiger partial charge in [0.05, 0.1) is 11.3 Å². The second-order valence-corrected chi connectivity index (χ2v) is 5.29. The van der Waals surface area contributed by atoms with Gasteiger partial charge in [0.2, 0.25) is 0 Å². The molecule has 0 aromatic heterocycles. The highest BCUT2D eigenvalue weighted by atomic mass is 16.4. The number of anilines is 1. The van der Waals surface area contributed by atoms with Crippen LogP contribution in [0.1, 0.15) is 26.3 Å². The van der Waals surface area contributed by atoms with Crippen LogP contribution >= 0.6 is 0 Å². The van der Waals surface area contributed by atoms with Gasteiger partial charge in [0.15, 0.2) is 5.78 Å². The molecule has 0 saturated heterocycles. The van der Waals surface area contributed by atoms with Crippen LogP contribution in [-0.4, -0.2) is 16.9 Å². The Morgan fingerprint density at radius 1 is 0.909 bits per heavy atom. The van der Waals surface area contributed by atoms with E-state index in [4.69, 9.17) is 5.73 Å². The third kappa shape index (κ3) is 1.46. The number of fused-ring (bicyclic) bond motifs is 2. The Morgan fingerprint density at radius 3 is 2.32 bits per heavy atom. The minimum absolute atomic E-state index is 0.0591. The number of rotatable bonds is 1. The lowest BCUT2D eigenvalue weighted by molar-refractivity contribution is 0.0698. The normalized spacial score (nSPS) is 12.3. The van der Waals surface area contributed by atoms with Gasteiger partial charge in [-0.15, -0.1) is 0 Å². The second-order valence-electron chi connectivity index (χ2n) is 5.29. The Morgan fingerprint density at radius 2 is 1.59 bits per heavy atom. The summed E-state index contributed by atoms with van der Waals surface area (Å²) in [5, 5.41) is 10.7. The van der Waals surface area contributed by atoms with Crippen molar-refractivity contribution in [1.29, 1.82) is 0 Å². The van der Waals surface area contributed by atoms with Crippen LogP contribution in [0.4, 0.5) is 5.69 Å². The van der Waals surface area contributed by atoms with E-state index in [0.717, 1.165) is 16.5 Å². The molecule has 0 radical (unpaired) electrons. The van der Waals surface area contributed by atoms with Crippen LogP contribution in [0.2, 0.25) is 0 Å². The van der Waals surface area contributed by atoms with Crippen molar-refractivity contribution in [2.45, 2.75) is 0 Å². The van der Waals surface area contributed by atoms with E-state index in [1.165, 1.54) is 0 Å². The summed E-state index contributed by atoms with van der Waals surface area (Å²) in [6.07, 6.45) is 0. The molecule has 4 nitrogen and oxygen atoms in total. The molecule has 1 aliphatic rings. The molecule has 4 rings (SSSR count). The number of benzene rings is 3. The number of aromatic carboxylic acids is 1.